The van der Waals surface area contributed by atoms with E-state index in [4.69, 9.17) is 9.47 Å². The number of hydrogen-bond donors (Lipinski definition) is 2. The Kier molecular flexibility index (Phi) is 6.32. The highest BCUT2D eigenvalue weighted by Crippen LogP contribution is 2.49. The lowest BCUT2D eigenvalue weighted by atomic mass is 9.68. The van der Waals surface area contributed by atoms with Gasteiger partial charge in [0.1, 0.15) is 0 Å². The van der Waals surface area contributed by atoms with Gasteiger partial charge in [-0.25, -0.2) is 4.79 Å². The van der Waals surface area contributed by atoms with Crippen molar-refractivity contribution in [1.29, 1.82) is 0 Å². The molecule has 0 unspecified atom stereocenters. The predicted octanol–water partition coefficient (Wildman–Crippen LogP) is 4.72. The molecule has 1 aliphatic heterocycles. The second-order valence-corrected chi connectivity index (χ2v) is 9.27. The molecule has 1 atom stereocenters. The van der Waals surface area contributed by atoms with Crippen LogP contribution in [-0.2, 0) is 14.3 Å². The number of nitrogens with one attached hydrogen (secondary N) is 1. The number of allylic oxidation sites excluding steroid dienone is 3. The second kappa shape index (κ2) is 8.46. The van der Waals surface area contributed by atoms with Gasteiger partial charge in [-0.1, -0.05) is 20.8 Å². The van der Waals surface area contributed by atoms with Crippen LogP contribution in [0.4, 0.5) is 0 Å². The molecule has 30 heavy (non-hydrogen) atoms. The lowest BCUT2D eigenvalue weighted by Gasteiger charge is -2.40. The summed E-state index contributed by atoms with van der Waals surface area (Å²) in [6.45, 7) is 8.10. The van der Waals surface area contributed by atoms with Gasteiger partial charge in [0.15, 0.2) is 17.3 Å². The van der Waals surface area contributed by atoms with Gasteiger partial charge < -0.3 is 19.9 Å². The van der Waals surface area contributed by atoms with Crippen LogP contribution < -0.4 is 10.1 Å². The number of methoxy groups -OCH3 is 1. The summed E-state index contributed by atoms with van der Waals surface area (Å²) in [6.07, 6.45) is 1.70. The SMILES string of the molecule is CCOC(=O)C1=C(CC)NC2=C(C(=O)CC(C)(C)C2)[C@H]1c1cc(Br)c(O)c(OC)c1. The third kappa shape index (κ3) is 4.00. The average molecular weight is 478 g/mol. The molecule has 1 heterocycles. The fourth-order valence-electron chi connectivity index (χ4n) is 4.33. The molecule has 1 aliphatic carbocycles. The van der Waals surface area contributed by atoms with Gasteiger partial charge in [-0.15, -0.1) is 0 Å². The first-order valence-electron chi connectivity index (χ1n) is 10.1. The number of rotatable bonds is 5. The zero-order valence-corrected chi connectivity index (χ0v) is 19.6. The van der Waals surface area contributed by atoms with Gasteiger partial charge in [0, 0.05) is 29.3 Å². The number of esters is 1. The van der Waals surface area contributed by atoms with Gasteiger partial charge in [0.05, 0.1) is 23.8 Å². The first kappa shape index (κ1) is 22.4. The van der Waals surface area contributed by atoms with E-state index in [1.165, 1.54) is 7.11 Å². The molecule has 0 saturated heterocycles. The summed E-state index contributed by atoms with van der Waals surface area (Å²) in [5, 5.41) is 13.6. The Morgan fingerprint density at radius 1 is 1.30 bits per heavy atom. The number of hydrogen-bond acceptors (Lipinski definition) is 6. The van der Waals surface area contributed by atoms with E-state index >= 15 is 0 Å². The lowest BCUT2D eigenvalue weighted by molar-refractivity contribution is -0.138. The number of benzene rings is 1. The molecule has 0 saturated carbocycles. The summed E-state index contributed by atoms with van der Waals surface area (Å²) in [6, 6.07) is 3.41. The summed E-state index contributed by atoms with van der Waals surface area (Å²) in [4.78, 5) is 26.3. The fraction of sp³-hybridized carbons (Fsp3) is 0.478. The summed E-state index contributed by atoms with van der Waals surface area (Å²) >= 11 is 3.37. The first-order valence-corrected chi connectivity index (χ1v) is 10.9. The number of carbonyl (C=O) groups is 2. The van der Waals surface area contributed by atoms with E-state index in [1.807, 2.05) is 6.92 Å². The number of Topliss-reactive ketones (excluding diaryl/α,β-unsaturated/α-hetero) is 1. The summed E-state index contributed by atoms with van der Waals surface area (Å²) in [5.74, 6) is -0.787. The van der Waals surface area contributed by atoms with E-state index in [-0.39, 0.29) is 29.3 Å². The average Bonchev–Trinajstić information content (AvgIpc) is 2.67. The van der Waals surface area contributed by atoms with Crippen LogP contribution in [0.3, 0.4) is 0 Å². The third-order valence-electron chi connectivity index (χ3n) is 5.58. The second-order valence-electron chi connectivity index (χ2n) is 8.41. The van der Waals surface area contributed by atoms with E-state index in [0.29, 0.717) is 40.4 Å². The number of ketones is 1. The molecule has 0 amide bonds. The Bertz CT molecular complexity index is 961. The van der Waals surface area contributed by atoms with Crippen LogP contribution in [0.15, 0.2) is 39.1 Å². The van der Waals surface area contributed by atoms with Crippen molar-refractivity contribution in [2.45, 2.75) is 52.9 Å². The molecule has 0 spiro atoms. The molecule has 7 heteroatoms. The maximum Gasteiger partial charge on any atom is 0.336 e. The minimum Gasteiger partial charge on any atom is -0.503 e. The molecule has 2 aliphatic rings. The number of halogens is 1. The number of phenols is 1. The van der Waals surface area contributed by atoms with E-state index in [9.17, 15) is 14.7 Å². The van der Waals surface area contributed by atoms with Crippen molar-refractivity contribution in [3.63, 3.8) is 0 Å². The van der Waals surface area contributed by atoms with Crippen molar-refractivity contribution < 1.29 is 24.2 Å². The number of phenolic OH excluding ortho intramolecular Hbond substituents is 1. The summed E-state index contributed by atoms with van der Waals surface area (Å²) in [5.41, 5.74) is 3.16. The molecule has 0 fully saturated rings. The van der Waals surface area contributed by atoms with Crippen molar-refractivity contribution in [3.05, 3.63) is 44.7 Å². The van der Waals surface area contributed by atoms with Crippen LogP contribution in [0.25, 0.3) is 0 Å². The van der Waals surface area contributed by atoms with Crippen molar-refractivity contribution >= 4 is 27.7 Å². The van der Waals surface area contributed by atoms with Crippen LogP contribution in [-0.4, -0.2) is 30.6 Å². The lowest BCUT2D eigenvalue weighted by Crippen LogP contribution is -2.39. The van der Waals surface area contributed by atoms with E-state index in [0.717, 1.165) is 11.4 Å². The number of dihydropyridines is 1. The van der Waals surface area contributed by atoms with Crippen LogP contribution in [0.2, 0.25) is 0 Å². The Balaban J connectivity index is 2.28. The Morgan fingerprint density at radius 3 is 2.60 bits per heavy atom. The first-order chi connectivity index (χ1) is 14.1. The molecular formula is C23H28BrNO5. The summed E-state index contributed by atoms with van der Waals surface area (Å²) in [7, 11) is 1.46. The van der Waals surface area contributed by atoms with Gasteiger partial charge in [0.2, 0.25) is 0 Å². The minimum atomic E-state index is -0.593. The van der Waals surface area contributed by atoms with Crippen molar-refractivity contribution in [2.24, 2.45) is 5.41 Å². The quantitative estimate of drug-likeness (QED) is 0.596. The van der Waals surface area contributed by atoms with Crippen LogP contribution >= 0.6 is 15.9 Å². The minimum absolute atomic E-state index is 0.0128. The highest BCUT2D eigenvalue weighted by molar-refractivity contribution is 9.10. The zero-order valence-electron chi connectivity index (χ0n) is 18.0. The number of carbonyl (C=O) groups excluding carboxylic acids is 2. The molecule has 0 aromatic heterocycles. The molecule has 6 nitrogen and oxygen atoms in total. The molecule has 0 bridgehead atoms. The van der Waals surface area contributed by atoms with E-state index in [2.05, 4.69) is 35.1 Å². The van der Waals surface area contributed by atoms with Gasteiger partial charge in [-0.05, 0) is 58.8 Å². The molecule has 2 N–H and O–H groups in total. The molecule has 0 radical (unpaired) electrons. The van der Waals surface area contributed by atoms with Crippen molar-refractivity contribution in [1.82, 2.24) is 5.32 Å². The smallest absolute Gasteiger partial charge is 0.336 e. The predicted molar refractivity (Wildman–Crippen MR) is 117 cm³/mol. The van der Waals surface area contributed by atoms with Gasteiger partial charge in [-0.2, -0.15) is 0 Å². The molecule has 162 valence electrons. The summed E-state index contributed by atoms with van der Waals surface area (Å²) < 4.78 is 11.1. The Hall–Kier alpha value is -2.28. The van der Waals surface area contributed by atoms with Gasteiger partial charge >= 0.3 is 5.97 Å². The highest BCUT2D eigenvalue weighted by Gasteiger charge is 2.43. The molecule has 3 rings (SSSR count). The van der Waals surface area contributed by atoms with Crippen LogP contribution in [0, 0.1) is 5.41 Å². The maximum absolute atomic E-state index is 13.3. The maximum atomic E-state index is 13.3. The Labute approximate surface area is 185 Å². The van der Waals surface area contributed by atoms with Crippen molar-refractivity contribution in [2.75, 3.05) is 13.7 Å². The number of ether oxygens (including phenoxy) is 2. The number of aromatic hydroxyl groups is 1. The normalized spacial score (nSPS) is 20.6. The van der Waals surface area contributed by atoms with Crippen LogP contribution in [0.1, 0.15) is 58.4 Å². The van der Waals surface area contributed by atoms with Crippen LogP contribution in [0.5, 0.6) is 11.5 Å². The van der Waals surface area contributed by atoms with Gasteiger partial charge in [0.25, 0.3) is 0 Å². The van der Waals surface area contributed by atoms with Gasteiger partial charge in [-0.3, -0.25) is 4.79 Å². The van der Waals surface area contributed by atoms with Crippen molar-refractivity contribution in [3.8, 4) is 11.5 Å². The van der Waals surface area contributed by atoms with E-state index in [1.54, 1.807) is 19.1 Å². The Morgan fingerprint density at radius 2 is 2.00 bits per heavy atom. The zero-order chi connectivity index (χ0) is 22.2. The largest absolute Gasteiger partial charge is 0.503 e. The molecule has 1 aromatic carbocycles. The van der Waals surface area contributed by atoms with E-state index < -0.39 is 11.9 Å². The standard InChI is InChI=1S/C23H28BrNO5/c1-6-14-20(22(28)30-7-2)18(12-8-13(24)21(27)17(9-12)29-5)19-15(25-14)10-23(3,4)11-16(19)26/h8-9,18,25,27H,6-7,10-11H2,1-5H3/t18-/m1/s1. The molecular weight excluding hydrogens is 450 g/mol. The third-order valence-corrected chi connectivity index (χ3v) is 6.18. The topological polar surface area (TPSA) is 84.9 Å². The fourth-order valence-corrected chi connectivity index (χ4v) is 4.79. The monoisotopic (exact) mass is 477 g/mol. The highest BCUT2D eigenvalue weighted by atomic mass is 79.9. The molecule has 1 aromatic rings.